The van der Waals surface area contributed by atoms with Gasteiger partial charge in [-0.3, -0.25) is 9.59 Å². The van der Waals surface area contributed by atoms with E-state index in [1.807, 2.05) is 5.32 Å². The molecular weight excluding hydrogens is 311 g/mol. The first-order valence-corrected chi connectivity index (χ1v) is 6.49. The largest absolute Gasteiger partial charge is 0.455 e. The summed E-state index contributed by atoms with van der Waals surface area (Å²) < 4.78 is 43.1. The number of hydrogen-bond acceptors (Lipinski definition) is 3. The van der Waals surface area contributed by atoms with Gasteiger partial charge in [0.25, 0.3) is 5.91 Å². The van der Waals surface area contributed by atoms with E-state index in [4.69, 9.17) is 11.6 Å². The van der Waals surface area contributed by atoms with E-state index in [2.05, 4.69) is 4.74 Å². The molecule has 0 saturated heterocycles. The molecule has 21 heavy (non-hydrogen) atoms. The minimum absolute atomic E-state index is 0.191. The highest BCUT2D eigenvalue weighted by molar-refractivity contribution is 6.34. The molecule has 1 amide bonds. The van der Waals surface area contributed by atoms with Crippen molar-refractivity contribution < 1.29 is 27.5 Å². The van der Waals surface area contributed by atoms with E-state index in [9.17, 15) is 22.8 Å². The van der Waals surface area contributed by atoms with Gasteiger partial charge in [0.2, 0.25) is 0 Å². The van der Waals surface area contributed by atoms with Gasteiger partial charge in [-0.1, -0.05) is 17.7 Å². The number of hydrogen-bond donors (Lipinski definition) is 1. The zero-order valence-electron chi connectivity index (χ0n) is 10.7. The van der Waals surface area contributed by atoms with E-state index < -0.39 is 35.9 Å². The lowest BCUT2D eigenvalue weighted by molar-refractivity contribution is -0.148. The molecule has 0 spiro atoms. The topological polar surface area (TPSA) is 55.4 Å². The summed E-state index contributed by atoms with van der Waals surface area (Å²) in [5.74, 6) is -1.58. The second-order valence-electron chi connectivity index (χ2n) is 4.59. The summed E-state index contributed by atoms with van der Waals surface area (Å²) in [6.07, 6.45) is -3.23. The Labute approximate surface area is 123 Å². The van der Waals surface area contributed by atoms with Crippen LogP contribution in [0.3, 0.4) is 0 Å². The number of rotatable bonds is 4. The summed E-state index contributed by atoms with van der Waals surface area (Å²) in [4.78, 5) is 22.8. The molecule has 0 heterocycles. The van der Waals surface area contributed by atoms with Crippen LogP contribution in [0.15, 0.2) is 18.2 Å². The van der Waals surface area contributed by atoms with E-state index in [1.54, 1.807) is 0 Å². The number of carbonyl (C=O) groups is 2. The Morgan fingerprint density at radius 2 is 2.00 bits per heavy atom. The summed E-state index contributed by atoms with van der Waals surface area (Å²) in [6, 6.07) is 3.16. The van der Waals surface area contributed by atoms with Crippen molar-refractivity contribution in [3.8, 4) is 0 Å². The van der Waals surface area contributed by atoms with Crippen molar-refractivity contribution in [2.75, 3.05) is 11.9 Å². The molecule has 114 valence electrons. The molecule has 0 aromatic heterocycles. The van der Waals surface area contributed by atoms with Crippen molar-refractivity contribution >= 4 is 29.2 Å². The number of anilines is 1. The number of carbonyl (C=O) groups excluding carboxylic acids is 2. The maximum absolute atomic E-state index is 12.8. The van der Waals surface area contributed by atoms with E-state index in [-0.39, 0.29) is 10.9 Å². The number of halogens is 4. The van der Waals surface area contributed by atoms with Gasteiger partial charge < -0.3 is 10.1 Å². The molecule has 1 N–H and O–H groups in total. The van der Waals surface area contributed by atoms with Crippen molar-refractivity contribution in [1.82, 2.24) is 0 Å². The molecular formula is C13H11ClF3NO3. The van der Waals surface area contributed by atoms with E-state index in [1.165, 1.54) is 6.07 Å². The molecule has 0 unspecified atom stereocenters. The predicted molar refractivity (Wildman–Crippen MR) is 68.8 cm³/mol. The zero-order valence-corrected chi connectivity index (χ0v) is 11.4. The van der Waals surface area contributed by atoms with Crippen LogP contribution in [0.5, 0.6) is 0 Å². The second-order valence-corrected chi connectivity index (χ2v) is 5.00. The summed E-state index contributed by atoms with van der Waals surface area (Å²) in [5, 5.41) is 1.79. The summed E-state index contributed by atoms with van der Waals surface area (Å²) in [5.41, 5.74) is -1.60. The van der Waals surface area contributed by atoms with Gasteiger partial charge in [0.05, 0.1) is 22.2 Å². The lowest BCUT2D eigenvalue weighted by Crippen LogP contribution is -2.23. The number of ether oxygens (including phenoxy) is 1. The quantitative estimate of drug-likeness (QED) is 0.866. The van der Waals surface area contributed by atoms with Crippen LogP contribution in [-0.2, 0) is 20.5 Å². The number of amides is 1. The average Bonchev–Trinajstić information content (AvgIpc) is 3.21. The van der Waals surface area contributed by atoms with Gasteiger partial charge in [-0.2, -0.15) is 13.2 Å². The number of alkyl halides is 3. The van der Waals surface area contributed by atoms with E-state index >= 15 is 0 Å². The van der Waals surface area contributed by atoms with E-state index in [0.29, 0.717) is 12.8 Å². The number of nitrogens with one attached hydrogen (secondary N) is 1. The third-order valence-corrected chi connectivity index (χ3v) is 3.15. The monoisotopic (exact) mass is 321 g/mol. The maximum Gasteiger partial charge on any atom is 0.418 e. The Kier molecular flexibility index (Phi) is 4.41. The van der Waals surface area contributed by atoms with Gasteiger partial charge in [0.15, 0.2) is 6.61 Å². The molecule has 4 nitrogen and oxygen atoms in total. The third kappa shape index (κ3) is 4.10. The highest BCUT2D eigenvalue weighted by Crippen LogP contribution is 2.38. The summed E-state index contributed by atoms with van der Waals surface area (Å²) in [7, 11) is 0. The number of para-hydroxylation sites is 1. The van der Waals surface area contributed by atoms with E-state index in [0.717, 1.165) is 12.1 Å². The Morgan fingerprint density at radius 1 is 1.33 bits per heavy atom. The minimum atomic E-state index is -4.65. The molecule has 1 saturated carbocycles. The van der Waals surface area contributed by atoms with Gasteiger partial charge in [0, 0.05) is 0 Å². The Balaban J connectivity index is 2.04. The van der Waals surface area contributed by atoms with Crippen molar-refractivity contribution in [2.45, 2.75) is 19.0 Å². The molecule has 0 aliphatic heterocycles. The molecule has 1 aliphatic carbocycles. The van der Waals surface area contributed by atoms with Crippen LogP contribution in [0.25, 0.3) is 0 Å². The lowest BCUT2D eigenvalue weighted by atomic mass is 10.1. The Hall–Kier alpha value is -1.76. The molecule has 0 atom stereocenters. The first kappa shape index (κ1) is 15.6. The molecule has 0 radical (unpaired) electrons. The molecule has 1 aromatic rings. The Morgan fingerprint density at radius 3 is 2.57 bits per heavy atom. The number of esters is 1. The first-order chi connectivity index (χ1) is 9.79. The van der Waals surface area contributed by atoms with Gasteiger partial charge in [-0.15, -0.1) is 0 Å². The molecule has 1 aromatic carbocycles. The van der Waals surface area contributed by atoms with Gasteiger partial charge >= 0.3 is 12.1 Å². The van der Waals surface area contributed by atoms with Crippen molar-refractivity contribution in [2.24, 2.45) is 5.92 Å². The lowest BCUT2D eigenvalue weighted by Gasteiger charge is -2.15. The predicted octanol–water partition coefficient (Wildman–Crippen LogP) is 3.25. The molecule has 1 fully saturated rings. The summed E-state index contributed by atoms with van der Waals surface area (Å²) in [6.45, 7) is -0.641. The fraction of sp³-hybridized carbons (Fsp3) is 0.385. The van der Waals surface area contributed by atoms with Gasteiger partial charge in [-0.05, 0) is 25.0 Å². The standard InChI is InChI=1S/C13H11ClF3NO3/c14-9-3-1-2-8(13(15,16)17)11(9)18-10(19)6-21-12(20)7-4-5-7/h1-3,7H,4-6H2,(H,18,19). The summed E-state index contributed by atoms with van der Waals surface area (Å²) >= 11 is 5.68. The highest BCUT2D eigenvalue weighted by atomic mass is 35.5. The molecule has 1 aliphatic rings. The van der Waals surface area contributed by atoms with Gasteiger partial charge in [-0.25, -0.2) is 0 Å². The van der Waals surface area contributed by atoms with Crippen LogP contribution in [0, 0.1) is 5.92 Å². The zero-order chi connectivity index (χ0) is 15.6. The van der Waals surface area contributed by atoms with Crippen LogP contribution < -0.4 is 5.32 Å². The third-order valence-electron chi connectivity index (χ3n) is 2.84. The first-order valence-electron chi connectivity index (χ1n) is 6.11. The molecule has 8 heteroatoms. The van der Waals surface area contributed by atoms with Crippen LogP contribution in [-0.4, -0.2) is 18.5 Å². The second kappa shape index (κ2) is 5.93. The highest BCUT2D eigenvalue weighted by Gasteiger charge is 2.35. The minimum Gasteiger partial charge on any atom is -0.455 e. The average molecular weight is 322 g/mol. The normalized spacial score (nSPS) is 14.7. The fourth-order valence-corrected chi connectivity index (χ4v) is 1.86. The smallest absolute Gasteiger partial charge is 0.418 e. The van der Waals surface area contributed by atoms with Crippen molar-refractivity contribution in [3.05, 3.63) is 28.8 Å². The molecule has 2 rings (SSSR count). The van der Waals surface area contributed by atoms with Crippen LogP contribution in [0.1, 0.15) is 18.4 Å². The van der Waals surface area contributed by atoms with Gasteiger partial charge in [0.1, 0.15) is 0 Å². The van der Waals surface area contributed by atoms with Crippen LogP contribution in [0.4, 0.5) is 18.9 Å². The van der Waals surface area contributed by atoms with Crippen molar-refractivity contribution in [1.29, 1.82) is 0 Å². The fourth-order valence-electron chi connectivity index (χ4n) is 1.64. The number of benzene rings is 1. The van der Waals surface area contributed by atoms with Crippen molar-refractivity contribution in [3.63, 3.8) is 0 Å². The SMILES string of the molecule is O=C(COC(=O)C1CC1)Nc1c(Cl)cccc1C(F)(F)F. The van der Waals surface area contributed by atoms with Crippen LogP contribution >= 0.6 is 11.6 Å². The maximum atomic E-state index is 12.8. The van der Waals surface area contributed by atoms with Crippen LogP contribution in [0.2, 0.25) is 5.02 Å². The Bertz CT molecular complexity index is 570. The molecule has 0 bridgehead atoms.